The predicted molar refractivity (Wildman–Crippen MR) is 254 cm³/mol. The van der Waals surface area contributed by atoms with E-state index in [-0.39, 0.29) is 24.9 Å². The molecule has 0 heterocycles. The molecule has 0 aliphatic carbocycles. The first-order valence-corrected chi connectivity index (χ1v) is 24.4. The molecule has 0 fully saturated rings. The molecule has 0 bridgehead atoms. The van der Waals surface area contributed by atoms with Gasteiger partial charge in [0.1, 0.15) is 6.10 Å². The lowest BCUT2D eigenvalue weighted by molar-refractivity contribution is -0.151. The first-order chi connectivity index (χ1) is 29.0. The Balaban J connectivity index is 4.73. The molecule has 0 aliphatic rings. The number of rotatable bonds is 42. The minimum absolute atomic E-state index is 0.0422. The van der Waals surface area contributed by atoms with Crippen LogP contribution in [0.4, 0.5) is 0 Å². The van der Waals surface area contributed by atoms with Gasteiger partial charge in [-0.05, 0) is 83.5 Å². The Bertz CT molecular complexity index is 1150. The number of aliphatic hydroxyl groups is 2. The monoisotopic (exact) mass is 822 g/mol. The first kappa shape index (κ1) is 56.0. The van der Waals surface area contributed by atoms with Gasteiger partial charge in [0, 0.05) is 6.42 Å². The van der Waals surface area contributed by atoms with Gasteiger partial charge in [-0.15, -0.1) is 0 Å². The number of carbonyl (C=O) groups is 2. The van der Waals surface area contributed by atoms with E-state index in [1.165, 1.54) is 70.6 Å². The maximum absolute atomic E-state index is 13.2. The molecule has 0 aliphatic heterocycles. The van der Waals surface area contributed by atoms with Crippen molar-refractivity contribution < 1.29 is 24.5 Å². The normalized spacial score (nSPS) is 14.1. The Morgan fingerprint density at radius 2 is 0.983 bits per heavy atom. The lowest BCUT2D eigenvalue weighted by Gasteiger charge is -2.24. The van der Waals surface area contributed by atoms with Crippen LogP contribution >= 0.6 is 0 Å². The van der Waals surface area contributed by atoms with Crippen molar-refractivity contribution in [1.82, 2.24) is 5.32 Å². The SMILES string of the molecule is CC/C=C/C=C/C=C\C=C/CCCCCC(=O)OC(CCCCCC/C=C\C/C=C\C/C=C\CCCCC)CC(=O)NC(CO)C(O)CCCCCCCCCCCC. The van der Waals surface area contributed by atoms with Gasteiger partial charge in [-0.2, -0.15) is 0 Å². The fourth-order valence-electron chi connectivity index (χ4n) is 6.86. The second-order valence-electron chi connectivity index (χ2n) is 16.2. The lowest BCUT2D eigenvalue weighted by atomic mass is 10.0. The van der Waals surface area contributed by atoms with Gasteiger partial charge in [-0.3, -0.25) is 9.59 Å². The van der Waals surface area contributed by atoms with Crippen molar-refractivity contribution in [3.8, 4) is 0 Å². The van der Waals surface area contributed by atoms with Crippen LogP contribution in [0.5, 0.6) is 0 Å². The van der Waals surface area contributed by atoms with E-state index >= 15 is 0 Å². The summed E-state index contributed by atoms with van der Waals surface area (Å²) in [5, 5.41) is 23.7. The Kier molecular flexibility index (Phi) is 43.8. The number of nitrogens with one attached hydrogen (secondary N) is 1. The molecule has 1 amide bonds. The van der Waals surface area contributed by atoms with Gasteiger partial charge in [-0.25, -0.2) is 0 Å². The zero-order valence-corrected chi connectivity index (χ0v) is 38.4. The van der Waals surface area contributed by atoms with E-state index in [1.54, 1.807) is 0 Å². The van der Waals surface area contributed by atoms with Crippen LogP contribution in [0, 0.1) is 0 Å². The number of amides is 1. The summed E-state index contributed by atoms with van der Waals surface area (Å²) in [6.45, 7) is 6.27. The van der Waals surface area contributed by atoms with Crippen LogP contribution in [0.3, 0.4) is 0 Å². The summed E-state index contributed by atoms with van der Waals surface area (Å²) in [7, 11) is 0. The zero-order chi connectivity index (χ0) is 43.1. The summed E-state index contributed by atoms with van der Waals surface area (Å²) in [6.07, 6.45) is 59.2. The van der Waals surface area contributed by atoms with Gasteiger partial charge in [-0.1, -0.05) is 202 Å². The van der Waals surface area contributed by atoms with Crippen LogP contribution in [0.2, 0.25) is 0 Å². The van der Waals surface area contributed by atoms with Gasteiger partial charge < -0.3 is 20.3 Å². The highest BCUT2D eigenvalue weighted by molar-refractivity contribution is 5.77. The number of unbranched alkanes of at least 4 members (excludes halogenated alkanes) is 19. The molecule has 0 aromatic carbocycles. The summed E-state index contributed by atoms with van der Waals surface area (Å²) >= 11 is 0. The summed E-state index contributed by atoms with van der Waals surface area (Å²) in [6, 6.07) is -0.720. The van der Waals surface area contributed by atoms with E-state index < -0.39 is 18.2 Å². The third-order valence-electron chi connectivity index (χ3n) is 10.6. The summed E-state index contributed by atoms with van der Waals surface area (Å²) in [4.78, 5) is 26.1. The molecule has 59 heavy (non-hydrogen) atoms. The van der Waals surface area contributed by atoms with Crippen LogP contribution in [0.1, 0.15) is 213 Å². The Hall–Kier alpha value is -2.96. The molecule has 0 radical (unpaired) electrons. The fraction of sp³-hybridized carbons (Fsp3) is 0.698. The molecule has 6 heteroatoms. The second-order valence-corrected chi connectivity index (χ2v) is 16.2. The number of allylic oxidation sites excluding steroid dienone is 14. The molecule has 3 atom stereocenters. The highest BCUT2D eigenvalue weighted by Crippen LogP contribution is 2.17. The minimum Gasteiger partial charge on any atom is -0.462 e. The van der Waals surface area contributed by atoms with Crippen LogP contribution in [0.15, 0.2) is 85.1 Å². The third kappa shape index (κ3) is 41.6. The van der Waals surface area contributed by atoms with Crippen molar-refractivity contribution in [1.29, 1.82) is 0 Å². The van der Waals surface area contributed by atoms with Gasteiger partial charge in [0.2, 0.25) is 5.91 Å². The molecule has 3 unspecified atom stereocenters. The van der Waals surface area contributed by atoms with Crippen molar-refractivity contribution in [2.75, 3.05) is 6.61 Å². The summed E-state index contributed by atoms with van der Waals surface area (Å²) in [5.41, 5.74) is 0. The van der Waals surface area contributed by atoms with E-state index in [0.29, 0.717) is 19.3 Å². The number of hydrogen-bond acceptors (Lipinski definition) is 5. The molecule has 0 saturated carbocycles. The highest BCUT2D eigenvalue weighted by Gasteiger charge is 2.24. The first-order valence-electron chi connectivity index (χ1n) is 24.4. The number of esters is 1. The van der Waals surface area contributed by atoms with Crippen molar-refractivity contribution in [2.24, 2.45) is 0 Å². The predicted octanol–water partition coefficient (Wildman–Crippen LogP) is 14.4. The van der Waals surface area contributed by atoms with E-state index in [2.05, 4.69) is 80.8 Å². The molecular formula is C53H91NO5. The minimum atomic E-state index is -0.804. The molecular weight excluding hydrogens is 731 g/mol. The van der Waals surface area contributed by atoms with E-state index in [4.69, 9.17) is 4.74 Å². The average molecular weight is 822 g/mol. The topological polar surface area (TPSA) is 95.9 Å². The van der Waals surface area contributed by atoms with Crippen molar-refractivity contribution >= 4 is 11.9 Å². The Morgan fingerprint density at radius 3 is 1.58 bits per heavy atom. The van der Waals surface area contributed by atoms with Crippen molar-refractivity contribution in [2.45, 2.75) is 232 Å². The van der Waals surface area contributed by atoms with Crippen molar-refractivity contribution in [3.05, 3.63) is 85.1 Å². The molecule has 0 aromatic rings. The smallest absolute Gasteiger partial charge is 0.306 e. The van der Waals surface area contributed by atoms with Gasteiger partial charge in [0.25, 0.3) is 0 Å². The van der Waals surface area contributed by atoms with E-state index in [1.807, 2.05) is 30.4 Å². The average Bonchev–Trinajstić information content (AvgIpc) is 3.23. The molecule has 0 saturated heterocycles. The summed E-state index contributed by atoms with van der Waals surface area (Å²) in [5.74, 6) is -0.549. The lowest BCUT2D eigenvalue weighted by Crippen LogP contribution is -2.46. The zero-order valence-electron chi connectivity index (χ0n) is 38.4. The van der Waals surface area contributed by atoms with Crippen LogP contribution in [-0.4, -0.2) is 46.9 Å². The van der Waals surface area contributed by atoms with Gasteiger partial charge in [0.15, 0.2) is 0 Å². The van der Waals surface area contributed by atoms with Crippen LogP contribution in [-0.2, 0) is 14.3 Å². The number of ether oxygens (including phenoxy) is 1. The molecule has 0 spiro atoms. The van der Waals surface area contributed by atoms with Gasteiger partial charge in [0.05, 0.1) is 25.2 Å². The third-order valence-corrected chi connectivity index (χ3v) is 10.6. The largest absolute Gasteiger partial charge is 0.462 e. The number of hydrogen-bond donors (Lipinski definition) is 3. The van der Waals surface area contributed by atoms with Crippen LogP contribution in [0.25, 0.3) is 0 Å². The summed E-state index contributed by atoms with van der Waals surface area (Å²) < 4.78 is 5.89. The second kappa shape index (κ2) is 46.1. The quantitative estimate of drug-likeness (QED) is 0.0247. The molecule has 3 N–H and O–H groups in total. The van der Waals surface area contributed by atoms with Crippen molar-refractivity contribution in [3.63, 3.8) is 0 Å². The molecule has 0 rings (SSSR count). The fourth-order valence-corrected chi connectivity index (χ4v) is 6.86. The van der Waals surface area contributed by atoms with Gasteiger partial charge >= 0.3 is 5.97 Å². The molecule has 338 valence electrons. The standard InChI is InChI=1S/C53H91NO5/c1-4-7-10-13-16-19-22-24-25-26-27-29-30-32-35-38-41-44-49(59-53(58)46-43-40-37-34-31-28-23-20-17-14-11-8-5-2)47-52(57)54-50(48-55)51(56)45-42-39-36-33-21-18-15-12-9-6-3/h8,11,14,16-17,19-20,23-25,27-29,31,49-51,55-56H,4-7,9-10,12-13,15,18,21-22,26,30,32-48H2,1-3H3,(H,54,57)/b11-8+,17-14+,19-16-,23-20-,25-24-,29-27-,31-28-. The highest BCUT2D eigenvalue weighted by atomic mass is 16.5. The Morgan fingerprint density at radius 1 is 0.525 bits per heavy atom. The molecule has 6 nitrogen and oxygen atoms in total. The maximum Gasteiger partial charge on any atom is 0.306 e. The van der Waals surface area contributed by atoms with E-state index in [9.17, 15) is 19.8 Å². The van der Waals surface area contributed by atoms with Crippen LogP contribution < -0.4 is 5.32 Å². The maximum atomic E-state index is 13.2. The van der Waals surface area contributed by atoms with E-state index in [0.717, 1.165) is 96.3 Å². The number of carbonyl (C=O) groups excluding carboxylic acids is 2. The Labute approximate surface area is 363 Å². The number of aliphatic hydroxyl groups excluding tert-OH is 2. The molecule has 0 aromatic heterocycles.